The van der Waals surface area contributed by atoms with Crippen LogP contribution in [0.4, 0.5) is 10.2 Å². The van der Waals surface area contributed by atoms with Gasteiger partial charge in [-0.3, -0.25) is 14.2 Å². The highest BCUT2D eigenvalue weighted by molar-refractivity contribution is 9.10. The fourth-order valence-electron chi connectivity index (χ4n) is 2.39. The van der Waals surface area contributed by atoms with Crippen LogP contribution in [0.15, 0.2) is 41.0 Å². The largest absolute Gasteiger partial charge is 0.304 e. The Hall–Kier alpha value is -2.48. The van der Waals surface area contributed by atoms with Gasteiger partial charge in [0.05, 0.1) is 16.7 Å². The van der Waals surface area contributed by atoms with Crippen LogP contribution in [0.25, 0.3) is 0 Å². The summed E-state index contributed by atoms with van der Waals surface area (Å²) in [5.74, 6) is -0.173. The highest BCUT2D eigenvalue weighted by Gasteiger charge is 2.19. The van der Waals surface area contributed by atoms with Crippen LogP contribution in [-0.2, 0) is 13.6 Å². The minimum Gasteiger partial charge on any atom is -0.304 e. The first-order chi connectivity index (χ1) is 11.4. The summed E-state index contributed by atoms with van der Waals surface area (Å²) in [7, 11) is 1.70. The Balaban J connectivity index is 1.73. The van der Waals surface area contributed by atoms with Gasteiger partial charge in [0.25, 0.3) is 5.91 Å². The number of halogens is 2. The summed E-state index contributed by atoms with van der Waals surface area (Å²) in [6.07, 6.45) is 1.73. The molecular weight excluding hydrogens is 377 g/mol. The molecular formula is C16H15BrFN5O. The zero-order chi connectivity index (χ0) is 17.3. The number of hydrogen-bond donors (Lipinski definition) is 1. The molecule has 3 aromatic rings. The van der Waals surface area contributed by atoms with Crippen molar-refractivity contribution >= 4 is 27.7 Å². The minimum absolute atomic E-state index is 0.287. The van der Waals surface area contributed by atoms with Crippen LogP contribution in [0.3, 0.4) is 0 Å². The molecule has 0 spiro atoms. The number of amides is 1. The van der Waals surface area contributed by atoms with Gasteiger partial charge >= 0.3 is 0 Å². The third kappa shape index (κ3) is 3.38. The van der Waals surface area contributed by atoms with Crippen LogP contribution in [-0.4, -0.2) is 25.5 Å². The quantitative estimate of drug-likeness (QED) is 0.742. The van der Waals surface area contributed by atoms with Gasteiger partial charge in [-0.25, -0.2) is 4.39 Å². The first kappa shape index (κ1) is 16.4. The maximum absolute atomic E-state index is 13.2. The minimum atomic E-state index is -0.305. The van der Waals surface area contributed by atoms with E-state index in [9.17, 15) is 9.18 Å². The summed E-state index contributed by atoms with van der Waals surface area (Å²) >= 11 is 3.37. The highest BCUT2D eigenvalue weighted by Crippen LogP contribution is 2.21. The molecule has 124 valence electrons. The molecule has 0 unspecified atom stereocenters. The molecule has 0 aliphatic rings. The van der Waals surface area contributed by atoms with E-state index in [0.29, 0.717) is 22.5 Å². The van der Waals surface area contributed by atoms with E-state index in [2.05, 4.69) is 31.4 Å². The molecule has 8 heteroatoms. The molecule has 0 saturated carbocycles. The number of aromatic nitrogens is 4. The van der Waals surface area contributed by atoms with E-state index in [1.807, 2.05) is 13.0 Å². The summed E-state index contributed by atoms with van der Waals surface area (Å²) in [5.41, 5.74) is 1.95. The molecule has 2 heterocycles. The van der Waals surface area contributed by atoms with Crippen molar-refractivity contribution in [2.24, 2.45) is 7.05 Å². The number of aryl methyl sites for hydroxylation is 2. The molecule has 1 amide bonds. The molecule has 0 radical (unpaired) electrons. The lowest BCUT2D eigenvalue weighted by Crippen LogP contribution is -2.17. The van der Waals surface area contributed by atoms with Gasteiger partial charge in [-0.2, -0.15) is 10.2 Å². The Morgan fingerprint density at radius 1 is 1.33 bits per heavy atom. The van der Waals surface area contributed by atoms with Crippen molar-refractivity contribution in [3.8, 4) is 0 Å². The molecule has 0 saturated heterocycles. The van der Waals surface area contributed by atoms with Crippen LogP contribution in [0.1, 0.15) is 21.7 Å². The van der Waals surface area contributed by atoms with Crippen molar-refractivity contribution in [1.82, 2.24) is 19.6 Å². The monoisotopic (exact) mass is 391 g/mol. The number of carbonyl (C=O) groups excluding carboxylic acids is 1. The number of nitrogens with zero attached hydrogens (tertiary/aromatic N) is 4. The molecule has 0 atom stereocenters. The third-order valence-corrected chi connectivity index (χ3v) is 4.43. The summed E-state index contributed by atoms with van der Waals surface area (Å²) in [6.45, 7) is 2.23. The SMILES string of the molecule is Cc1nn(C)c(C(=O)Nc2ccn(Cc3cccc(F)c3)n2)c1Br. The number of anilines is 1. The van der Waals surface area contributed by atoms with Crippen molar-refractivity contribution in [2.45, 2.75) is 13.5 Å². The predicted octanol–water partition coefficient (Wildman–Crippen LogP) is 3.13. The molecule has 0 aliphatic carbocycles. The van der Waals surface area contributed by atoms with Crippen molar-refractivity contribution < 1.29 is 9.18 Å². The molecule has 24 heavy (non-hydrogen) atoms. The van der Waals surface area contributed by atoms with Gasteiger partial charge in [-0.1, -0.05) is 12.1 Å². The molecule has 2 aromatic heterocycles. The zero-order valence-electron chi connectivity index (χ0n) is 13.1. The van der Waals surface area contributed by atoms with E-state index in [0.717, 1.165) is 11.3 Å². The maximum Gasteiger partial charge on any atom is 0.276 e. The fourth-order valence-corrected chi connectivity index (χ4v) is 2.91. The fraction of sp³-hybridized carbons (Fsp3) is 0.188. The molecule has 1 N–H and O–H groups in total. The number of hydrogen-bond acceptors (Lipinski definition) is 3. The van der Waals surface area contributed by atoms with Crippen LogP contribution in [0, 0.1) is 12.7 Å². The average molecular weight is 392 g/mol. The lowest BCUT2D eigenvalue weighted by atomic mass is 10.2. The van der Waals surface area contributed by atoms with E-state index >= 15 is 0 Å². The van der Waals surface area contributed by atoms with Crippen molar-refractivity contribution in [3.63, 3.8) is 0 Å². The Bertz CT molecular complexity index is 902. The highest BCUT2D eigenvalue weighted by atomic mass is 79.9. The van der Waals surface area contributed by atoms with Crippen molar-refractivity contribution in [2.75, 3.05) is 5.32 Å². The summed E-state index contributed by atoms with van der Waals surface area (Å²) < 4.78 is 17.0. The summed E-state index contributed by atoms with van der Waals surface area (Å²) in [6, 6.07) is 8.01. The summed E-state index contributed by atoms with van der Waals surface area (Å²) in [4.78, 5) is 12.4. The number of benzene rings is 1. The third-order valence-electron chi connectivity index (χ3n) is 3.48. The van der Waals surface area contributed by atoms with Crippen molar-refractivity contribution in [3.05, 3.63) is 63.8 Å². The van der Waals surface area contributed by atoms with E-state index in [4.69, 9.17) is 0 Å². The van der Waals surface area contributed by atoms with Gasteiger partial charge in [0.1, 0.15) is 11.5 Å². The van der Waals surface area contributed by atoms with E-state index in [1.165, 1.54) is 16.8 Å². The Labute approximate surface area is 146 Å². The maximum atomic E-state index is 13.2. The summed E-state index contributed by atoms with van der Waals surface area (Å²) in [5, 5.41) is 11.2. The van der Waals surface area contributed by atoms with Gasteiger partial charge < -0.3 is 5.32 Å². The van der Waals surface area contributed by atoms with Crippen LogP contribution in [0.5, 0.6) is 0 Å². The first-order valence-corrected chi connectivity index (χ1v) is 8.01. The Kier molecular flexibility index (Phi) is 4.48. The Morgan fingerprint density at radius 2 is 2.12 bits per heavy atom. The second-order valence-electron chi connectivity index (χ2n) is 5.35. The van der Waals surface area contributed by atoms with Gasteiger partial charge in [-0.05, 0) is 40.5 Å². The normalized spacial score (nSPS) is 10.8. The van der Waals surface area contributed by atoms with Crippen LogP contribution in [0.2, 0.25) is 0 Å². The van der Waals surface area contributed by atoms with Crippen molar-refractivity contribution in [1.29, 1.82) is 0 Å². The lowest BCUT2D eigenvalue weighted by molar-refractivity contribution is 0.101. The van der Waals surface area contributed by atoms with Gasteiger partial charge in [-0.15, -0.1) is 0 Å². The van der Waals surface area contributed by atoms with Crippen LogP contribution >= 0.6 is 15.9 Å². The topological polar surface area (TPSA) is 64.7 Å². The van der Waals surface area contributed by atoms with Crippen LogP contribution < -0.4 is 5.32 Å². The molecule has 1 aromatic carbocycles. The predicted molar refractivity (Wildman–Crippen MR) is 91.3 cm³/mol. The first-order valence-electron chi connectivity index (χ1n) is 7.22. The second kappa shape index (κ2) is 6.56. The molecule has 0 bridgehead atoms. The molecule has 6 nitrogen and oxygen atoms in total. The van der Waals surface area contributed by atoms with E-state index < -0.39 is 0 Å². The van der Waals surface area contributed by atoms with E-state index in [-0.39, 0.29) is 11.7 Å². The number of nitrogens with one attached hydrogen (secondary N) is 1. The second-order valence-corrected chi connectivity index (χ2v) is 6.15. The number of carbonyl (C=O) groups is 1. The lowest BCUT2D eigenvalue weighted by Gasteiger charge is -2.04. The zero-order valence-corrected chi connectivity index (χ0v) is 14.7. The smallest absolute Gasteiger partial charge is 0.276 e. The van der Waals surface area contributed by atoms with Gasteiger partial charge in [0.2, 0.25) is 0 Å². The van der Waals surface area contributed by atoms with E-state index in [1.54, 1.807) is 30.1 Å². The molecule has 0 fully saturated rings. The van der Waals surface area contributed by atoms with Gasteiger partial charge in [0.15, 0.2) is 5.82 Å². The molecule has 0 aliphatic heterocycles. The number of rotatable bonds is 4. The van der Waals surface area contributed by atoms with Gasteiger partial charge in [0, 0.05) is 19.3 Å². The molecule has 3 rings (SSSR count). The standard InChI is InChI=1S/C16H15BrFN5O/c1-10-14(17)15(22(2)20-10)16(24)19-13-6-7-23(21-13)9-11-4-3-5-12(18)8-11/h3-8H,9H2,1-2H3,(H,19,21,24). The Morgan fingerprint density at radius 3 is 2.79 bits per heavy atom. The average Bonchev–Trinajstić information content (AvgIpc) is 3.04.